The van der Waals surface area contributed by atoms with Crippen LogP contribution >= 0.6 is 0 Å². The van der Waals surface area contributed by atoms with E-state index >= 15 is 0 Å². The number of hydrogen-bond donors (Lipinski definition) is 0. The van der Waals surface area contributed by atoms with E-state index < -0.39 is 15.6 Å². The van der Waals surface area contributed by atoms with Gasteiger partial charge in [0.25, 0.3) is 5.03 Å². The topological polar surface area (TPSA) is 70.1 Å². The summed E-state index contributed by atoms with van der Waals surface area (Å²) in [5, 5.41) is 1.09. The molecule has 0 radical (unpaired) electrons. The molecule has 0 bridgehead atoms. The molecule has 0 atom stereocenters. The van der Waals surface area contributed by atoms with E-state index in [9.17, 15) is 13.2 Å². The zero-order valence-electron chi connectivity index (χ0n) is 17.0. The highest BCUT2D eigenvalue weighted by Gasteiger charge is 2.37. The predicted octanol–water partition coefficient (Wildman–Crippen LogP) is 5.90. The first-order valence-corrected chi connectivity index (χ1v) is 12.2. The van der Waals surface area contributed by atoms with E-state index in [2.05, 4.69) is 97.1 Å². The number of halogens is 3. The first kappa shape index (κ1) is 24.5. The zero-order chi connectivity index (χ0) is 23.9. The average molecular weight is 490 g/mol. The first-order chi connectivity index (χ1) is 15.7. The number of rotatable bonds is 4. The molecule has 0 aliphatic rings. The third-order valence-electron chi connectivity index (χ3n) is 4.29. The van der Waals surface area contributed by atoms with Crippen LogP contribution in [-0.4, -0.2) is 23.5 Å². The van der Waals surface area contributed by atoms with Crippen LogP contribution in [-0.2, 0) is 21.0 Å². The van der Waals surface area contributed by atoms with Gasteiger partial charge in [0.15, 0.2) is 19.9 Å². The summed E-state index contributed by atoms with van der Waals surface area (Å²) < 4.78 is 58.9. The van der Waals surface area contributed by atoms with Gasteiger partial charge in [-0.3, -0.25) is 0 Å². The molecule has 1 heterocycles. The smallest absolute Gasteiger partial charge is 0.485 e. The second-order valence-electron chi connectivity index (χ2n) is 6.58. The Bertz CT molecular complexity index is 1210. The fourth-order valence-corrected chi connectivity index (χ4v) is 4.77. The minimum Gasteiger partial charge on any atom is -0.741 e. The van der Waals surface area contributed by atoms with E-state index in [-0.39, 0.29) is 10.9 Å². The summed E-state index contributed by atoms with van der Waals surface area (Å²) in [6, 6.07) is 35.9. The maximum atomic E-state index is 10.7. The fraction of sp³-hybridized carbons (Fsp3) is 0.0417. The third kappa shape index (κ3) is 6.67. The van der Waals surface area contributed by atoms with Gasteiger partial charge in [0.1, 0.15) is 10.9 Å². The Kier molecular flexibility index (Phi) is 7.91. The van der Waals surface area contributed by atoms with Gasteiger partial charge in [-0.15, -0.1) is 0 Å². The minimum absolute atomic E-state index is 0.190. The molecule has 0 aliphatic heterocycles. The van der Waals surface area contributed by atoms with E-state index in [0.717, 1.165) is 10.6 Å². The molecule has 0 unspecified atom stereocenters. The van der Waals surface area contributed by atoms with Crippen molar-refractivity contribution in [1.82, 2.24) is 4.98 Å². The zero-order valence-corrected chi connectivity index (χ0v) is 18.6. The molecule has 0 saturated heterocycles. The molecular weight excluding hydrogens is 471 g/mol. The van der Waals surface area contributed by atoms with Gasteiger partial charge >= 0.3 is 5.51 Å². The number of alkyl halides is 3. The summed E-state index contributed by atoms with van der Waals surface area (Å²) in [6.07, 6.45) is 1.98. The van der Waals surface area contributed by atoms with Crippen molar-refractivity contribution < 1.29 is 26.1 Å². The van der Waals surface area contributed by atoms with E-state index in [0.29, 0.717) is 0 Å². The van der Waals surface area contributed by atoms with Crippen LogP contribution in [0, 0.1) is 0 Å². The molecule has 3 aromatic carbocycles. The van der Waals surface area contributed by atoms with Gasteiger partial charge in [-0.1, -0.05) is 66.7 Å². The van der Waals surface area contributed by atoms with Gasteiger partial charge in [-0.05, 0) is 35.9 Å². The highest BCUT2D eigenvalue weighted by Crippen LogP contribution is 2.30. The molecular formula is C24H18F3NO3S2. The van der Waals surface area contributed by atoms with Crippen LogP contribution < -0.4 is 0 Å². The summed E-state index contributed by atoms with van der Waals surface area (Å²) in [5.41, 5.74) is -3.30. The van der Waals surface area contributed by atoms with Crippen LogP contribution in [0.2, 0.25) is 0 Å². The van der Waals surface area contributed by atoms with Crippen molar-refractivity contribution in [2.75, 3.05) is 0 Å². The Balaban J connectivity index is 0.000000331. The Hall–Kier alpha value is -3.14. The summed E-state index contributed by atoms with van der Waals surface area (Å²) in [5.74, 6) is 0. The van der Waals surface area contributed by atoms with Crippen LogP contribution in [0.5, 0.6) is 0 Å². The quantitative estimate of drug-likeness (QED) is 0.203. The normalized spacial score (nSPS) is 11.5. The second kappa shape index (κ2) is 10.7. The Morgan fingerprint density at radius 2 is 1.09 bits per heavy atom. The second-order valence-corrected chi connectivity index (χ2v) is 9.93. The Morgan fingerprint density at radius 3 is 1.45 bits per heavy atom. The molecule has 9 heteroatoms. The van der Waals surface area contributed by atoms with E-state index in [1.807, 2.05) is 12.3 Å². The van der Waals surface area contributed by atoms with Crippen molar-refractivity contribution in [3.63, 3.8) is 0 Å². The van der Waals surface area contributed by atoms with E-state index in [4.69, 9.17) is 18.0 Å². The largest absolute Gasteiger partial charge is 0.741 e. The number of aromatic nitrogens is 1. The lowest BCUT2D eigenvalue weighted by molar-refractivity contribution is -0.0517. The number of pyridine rings is 1. The summed E-state index contributed by atoms with van der Waals surface area (Å²) in [7, 11) is -6.28. The highest BCUT2D eigenvalue weighted by molar-refractivity contribution is 7.97. The van der Waals surface area contributed by atoms with Gasteiger partial charge in [-0.2, -0.15) is 13.2 Å². The van der Waals surface area contributed by atoms with Crippen molar-refractivity contribution >= 4 is 21.0 Å². The van der Waals surface area contributed by atoms with Gasteiger partial charge < -0.3 is 4.55 Å². The van der Waals surface area contributed by atoms with Gasteiger partial charge in [0, 0.05) is 17.8 Å². The molecule has 170 valence electrons. The summed E-state index contributed by atoms with van der Waals surface area (Å²) in [4.78, 5) is 7.39. The number of benzene rings is 3. The van der Waals surface area contributed by atoms with Crippen LogP contribution in [0.1, 0.15) is 0 Å². The number of nitrogens with zero attached hydrogens (tertiary/aromatic N) is 1. The minimum atomic E-state index is -6.09. The van der Waals surface area contributed by atoms with Crippen LogP contribution in [0.25, 0.3) is 11.1 Å². The maximum absolute atomic E-state index is 10.7. The summed E-state index contributed by atoms with van der Waals surface area (Å²) in [6.45, 7) is 0. The van der Waals surface area contributed by atoms with E-state index in [1.165, 1.54) is 15.4 Å². The standard InChI is InChI=1S/C23H18NS.CHF3O3S/c1-4-10-19(11-5-1)20-16-17-23(24-18-20)25(21-12-6-2-7-13-21)22-14-8-3-9-15-22;2-1(3,4)8(5,6)7/h1-18H;(H,5,6,7)/q+1;/p-1. The first-order valence-electron chi connectivity index (χ1n) is 9.55. The molecule has 4 nitrogen and oxygen atoms in total. The van der Waals surface area contributed by atoms with Gasteiger partial charge in [0.05, 0.1) is 0 Å². The van der Waals surface area contributed by atoms with Crippen molar-refractivity contribution in [2.45, 2.75) is 20.3 Å². The molecule has 0 fully saturated rings. The molecule has 0 saturated carbocycles. The summed E-state index contributed by atoms with van der Waals surface area (Å²) >= 11 is 0. The SMILES string of the molecule is O=S(=O)([O-])C(F)(F)F.c1ccc(-c2ccc([S+](c3ccccc3)c3ccccc3)nc2)cc1. The maximum Gasteiger partial charge on any atom is 0.485 e. The van der Waals surface area contributed by atoms with Crippen LogP contribution in [0.3, 0.4) is 0 Å². The lowest BCUT2D eigenvalue weighted by atomic mass is 10.1. The molecule has 33 heavy (non-hydrogen) atoms. The van der Waals surface area contributed by atoms with E-state index in [1.54, 1.807) is 0 Å². The van der Waals surface area contributed by atoms with Crippen LogP contribution in [0.15, 0.2) is 124 Å². The Morgan fingerprint density at radius 1 is 0.667 bits per heavy atom. The monoisotopic (exact) mass is 489 g/mol. The molecule has 0 aliphatic carbocycles. The Labute approximate surface area is 192 Å². The lowest BCUT2D eigenvalue weighted by Crippen LogP contribution is -2.21. The molecule has 0 amide bonds. The fourth-order valence-electron chi connectivity index (χ4n) is 2.79. The van der Waals surface area contributed by atoms with Crippen molar-refractivity contribution in [3.05, 3.63) is 109 Å². The van der Waals surface area contributed by atoms with Gasteiger partial charge in [0.2, 0.25) is 0 Å². The average Bonchev–Trinajstić information content (AvgIpc) is 2.81. The molecule has 4 rings (SSSR count). The molecule has 0 spiro atoms. The molecule has 1 aromatic heterocycles. The lowest BCUT2D eigenvalue weighted by Gasteiger charge is -2.08. The van der Waals surface area contributed by atoms with Crippen molar-refractivity contribution in [1.29, 1.82) is 0 Å². The molecule has 4 aromatic rings. The van der Waals surface area contributed by atoms with Crippen molar-refractivity contribution in [3.8, 4) is 11.1 Å². The van der Waals surface area contributed by atoms with Gasteiger partial charge in [-0.25, -0.2) is 13.4 Å². The van der Waals surface area contributed by atoms with Crippen molar-refractivity contribution in [2.24, 2.45) is 0 Å². The molecule has 0 N–H and O–H groups in total. The predicted molar refractivity (Wildman–Crippen MR) is 120 cm³/mol. The van der Waals surface area contributed by atoms with Crippen LogP contribution in [0.4, 0.5) is 13.2 Å². The highest BCUT2D eigenvalue weighted by atomic mass is 32.2. The third-order valence-corrected chi connectivity index (χ3v) is 7.01. The number of hydrogen-bond acceptors (Lipinski definition) is 4.